The maximum Gasteiger partial charge on any atom is 0.258 e. The summed E-state index contributed by atoms with van der Waals surface area (Å²) in [6.07, 6.45) is 2.22. The van der Waals surface area contributed by atoms with Gasteiger partial charge in [-0.25, -0.2) is 16.3 Å². The third kappa shape index (κ3) is 4.45. The van der Waals surface area contributed by atoms with E-state index in [-0.39, 0.29) is 18.0 Å². The minimum absolute atomic E-state index is 0.000887. The number of methoxy groups -OCH3 is 1. The van der Waals surface area contributed by atoms with Crippen molar-refractivity contribution in [2.24, 2.45) is 5.10 Å². The molecule has 3 N–H and O–H groups in total. The van der Waals surface area contributed by atoms with E-state index in [0.29, 0.717) is 6.42 Å². The van der Waals surface area contributed by atoms with E-state index in [1.165, 1.54) is 0 Å². The lowest BCUT2D eigenvalue weighted by Gasteiger charge is -2.13. The summed E-state index contributed by atoms with van der Waals surface area (Å²) < 4.78 is 6.34. The fourth-order valence-electron chi connectivity index (χ4n) is 2.72. The second kappa shape index (κ2) is 8.24. The molecule has 2 unspecified atom stereocenters. The molecule has 0 saturated carbocycles. The summed E-state index contributed by atoms with van der Waals surface area (Å²) in [5, 5.41) is 4.02. The van der Waals surface area contributed by atoms with Crippen LogP contribution in [0.1, 0.15) is 23.6 Å². The number of halogens is 1. The molecule has 1 aliphatic heterocycles. The number of para-hydroxylation sites is 1. The lowest BCUT2D eigenvalue weighted by molar-refractivity contribution is -0.122. The number of hydrazine groups is 1. The van der Waals surface area contributed by atoms with Gasteiger partial charge in [-0.15, -0.1) is 0 Å². The van der Waals surface area contributed by atoms with Crippen LogP contribution in [-0.2, 0) is 4.79 Å². The third-order valence-corrected chi connectivity index (χ3v) is 4.46. The number of rotatable bonds is 5. The molecule has 0 spiro atoms. The Morgan fingerprint density at radius 2 is 2.12 bits per heavy atom. The molecule has 1 saturated heterocycles. The van der Waals surface area contributed by atoms with E-state index in [0.717, 1.165) is 21.3 Å². The van der Waals surface area contributed by atoms with E-state index in [4.69, 9.17) is 4.74 Å². The summed E-state index contributed by atoms with van der Waals surface area (Å²) in [7, 11) is 1.64. The highest BCUT2D eigenvalue weighted by Crippen LogP contribution is 2.29. The molecule has 2 aromatic rings. The highest BCUT2D eigenvalue weighted by Gasteiger charge is 2.31. The van der Waals surface area contributed by atoms with Crippen molar-refractivity contribution in [1.29, 1.82) is 0 Å². The van der Waals surface area contributed by atoms with Crippen LogP contribution in [-0.4, -0.2) is 25.3 Å². The molecule has 1 heterocycles. The Bertz CT molecular complexity index is 781. The first-order chi connectivity index (χ1) is 12.2. The van der Waals surface area contributed by atoms with Crippen LogP contribution in [0.25, 0.3) is 0 Å². The SMILES string of the molecule is COc1ccccc1C1CC(C(=O)N/N=C/c2cccc(Br)c2)NN1. The van der Waals surface area contributed by atoms with Gasteiger partial charge in [-0.3, -0.25) is 4.79 Å². The molecule has 7 heteroatoms. The van der Waals surface area contributed by atoms with Gasteiger partial charge in [0.15, 0.2) is 0 Å². The maximum atomic E-state index is 12.3. The number of nitrogens with one attached hydrogen (secondary N) is 3. The maximum absolute atomic E-state index is 12.3. The predicted molar refractivity (Wildman–Crippen MR) is 100 cm³/mol. The zero-order valence-corrected chi connectivity index (χ0v) is 15.3. The van der Waals surface area contributed by atoms with E-state index < -0.39 is 0 Å². The zero-order chi connectivity index (χ0) is 17.6. The number of ether oxygens (including phenoxy) is 1. The Morgan fingerprint density at radius 1 is 1.28 bits per heavy atom. The van der Waals surface area contributed by atoms with Crippen molar-refractivity contribution >= 4 is 28.1 Å². The largest absolute Gasteiger partial charge is 0.496 e. The van der Waals surface area contributed by atoms with Crippen molar-refractivity contribution in [2.75, 3.05) is 7.11 Å². The first-order valence-electron chi connectivity index (χ1n) is 7.90. The van der Waals surface area contributed by atoms with Crippen LogP contribution < -0.4 is 21.0 Å². The molecule has 2 atom stereocenters. The fraction of sp³-hybridized carbons (Fsp3) is 0.222. The zero-order valence-electron chi connectivity index (χ0n) is 13.7. The van der Waals surface area contributed by atoms with Crippen molar-refractivity contribution in [3.8, 4) is 5.75 Å². The van der Waals surface area contributed by atoms with E-state index in [9.17, 15) is 4.79 Å². The summed E-state index contributed by atoms with van der Waals surface area (Å²) in [6.45, 7) is 0. The Labute approximate surface area is 154 Å². The van der Waals surface area contributed by atoms with Gasteiger partial charge < -0.3 is 4.74 Å². The number of amides is 1. The second-order valence-electron chi connectivity index (χ2n) is 5.66. The van der Waals surface area contributed by atoms with Crippen LogP contribution in [0.3, 0.4) is 0 Å². The number of hydrazone groups is 1. The smallest absolute Gasteiger partial charge is 0.258 e. The van der Waals surface area contributed by atoms with Crippen LogP contribution in [0.15, 0.2) is 58.1 Å². The van der Waals surface area contributed by atoms with Gasteiger partial charge >= 0.3 is 0 Å². The molecule has 0 radical (unpaired) electrons. The summed E-state index contributed by atoms with van der Waals surface area (Å²) >= 11 is 3.40. The first kappa shape index (κ1) is 17.6. The van der Waals surface area contributed by atoms with E-state index in [2.05, 4.69) is 37.3 Å². The van der Waals surface area contributed by atoms with Crippen molar-refractivity contribution in [3.63, 3.8) is 0 Å². The van der Waals surface area contributed by atoms with Gasteiger partial charge in [0.1, 0.15) is 11.8 Å². The van der Waals surface area contributed by atoms with E-state index in [1.807, 2.05) is 48.5 Å². The van der Waals surface area contributed by atoms with Gasteiger partial charge in [-0.1, -0.05) is 46.3 Å². The second-order valence-corrected chi connectivity index (χ2v) is 6.58. The lowest BCUT2D eigenvalue weighted by atomic mass is 10.0. The van der Waals surface area contributed by atoms with E-state index in [1.54, 1.807) is 13.3 Å². The molecule has 1 fully saturated rings. The average Bonchev–Trinajstić information content (AvgIpc) is 3.12. The number of nitrogens with zero attached hydrogens (tertiary/aromatic N) is 1. The fourth-order valence-corrected chi connectivity index (χ4v) is 3.14. The summed E-state index contributed by atoms with van der Waals surface area (Å²) in [5.74, 6) is 0.617. The van der Waals surface area contributed by atoms with Gasteiger partial charge in [-0.05, 0) is 30.2 Å². The van der Waals surface area contributed by atoms with Crippen molar-refractivity contribution in [1.82, 2.24) is 16.3 Å². The van der Waals surface area contributed by atoms with Crippen LogP contribution in [0.4, 0.5) is 0 Å². The average molecular weight is 403 g/mol. The molecule has 3 rings (SSSR count). The molecule has 1 amide bonds. The van der Waals surface area contributed by atoms with Crippen LogP contribution in [0.2, 0.25) is 0 Å². The molecule has 0 bridgehead atoms. The van der Waals surface area contributed by atoms with Gasteiger partial charge in [-0.2, -0.15) is 5.10 Å². The van der Waals surface area contributed by atoms with Gasteiger partial charge in [0.2, 0.25) is 0 Å². The van der Waals surface area contributed by atoms with Gasteiger partial charge in [0.25, 0.3) is 5.91 Å². The number of carbonyl (C=O) groups excluding carboxylic acids is 1. The van der Waals surface area contributed by atoms with Crippen LogP contribution in [0, 0.1) is 0 Å². The van der Waals surface area contributed by atoms with Gasteiger partial charge in [0.05, 0.1) is 19.4 Å². The quantitative estimate of drug-likeness (QED) is 0.530. The normalized spacial score (nSPS) is 19.9. The number of benzene rings is 2. The molecular weight excluding hydrogens is 384 g/mol. The number of hydrogen-bond acceptors (Lipinski definition) is 5. The Balaban J connectivity index is 1.57. The molecule has 6 nitrogen and oxygen atoms in total. The molecular formula is C18H19BrN4O2. The Hall–Kier alpha value is -2.22. The van der Waals surface area contributed by atoms with E-state index >= 15 is 0 Å². The highest BCUT2D eigenvalue weighted by molar-refractivity contribution is 9.10. The van der Waals surface area contributed by atoms with Crippen molar-refractivity contribution in [3.05, 3.63) is 64.1 Å². The molecule has 1 aliphatic rings. The van der Waals surface area contributed by atoms with Crippen LogP contribution >= 0.6 is 15.9 Å². The standard InChI is InChI=1S/C18H19BrN4O2/c1-25-17-8-3-2-7-14(17)15-10-16(22-21-15)18(24)23-20-11-12-5-4-6-13(19)9-12/h2-9,11,15-16,21-22H,10H2,1H3,(H,23,24)/b20-11+. The first-order valence-corrected chi connectivity index (χ1v) is 8.69. The van der Waals surface area contributed by atoms with Crippen LogP contribution in [0.5, 0.6) is 5.75 Å². The summed E-state index contributed by atoms with van der Waals surface area (Å²) in [4.78, 5) is 12.3. The summed E-state index contributed by atoms with van der Waals surface area (Å²) in [5.41, 5.74) is 10.7. The Morgan fingerprint density at radius 3 is 2.92 bits per heavy atom. The third-order valence-electron chi connectivity index (χ3n) is 3.97. The lowest BCUT2D eigenvalue weighted by Crippen LogP contribution is -2.41. The number of carbonyl (C=O) groups is 1. The topological polar surface area (TPSA) is 74.8 Å². The highest BCUT2D eigenvalue weighted by atomic mass is 79.9. The molecule has 25 heavy (non-hydrogen) atoms. The molecule has 2 aromatic carbocycles. The molecule has 0 aliphatic carbocycles. The van der Waals surface area contributed by atoms with Crippen molar-refractivity contribution < 1.29 is 9.53 Å². The predicted octanol–water partition coefficient (Wildman–Crippen LogP) is 2.52. The van der Waals surface area contributed by atoms with Crippen molar-refractivity contribution in [2.45, 2.75) is 18.5 Å². The van der Waals surface area contributed by atoms with Gasteiger partial charge in [0, 0.05) is 10.0 Å². The minimum atomic E-state index is -0.366. The Kier molecular flexibility index (Phi) is 5.80. The summed E-state index contributed by atoms with van der Waals surface area (Å²) in [6, 6.07) is 15.1. The molecule has 0 aromatic heterocycles. The minimum Gasteiger partial charge on any atom is -0.496 e. The number of hydrogen-bond donors (Lipinski definition) is 3. The monoisotopic (exact) mass is 402 g/mol. The molecule has 130 valence electrons.